The second-order valence-corrected chi connectivity index (χ2v) is 3.26. The van der Waals surface area contributed by atoms with Gasteiger partial charge in [-0.1, -0.05) is 6.58 Å². The van der Waals surface area contributed by atoms with E-state index >= 15 is 0 Å². The van der Waals surface area contributed by atoms with Crippen LogP contribution in [0.3, 0.4) is 0 Å². The maximum atomic E-state index is 10.4. The van der Waals surface area contributed by atoms with Crippen LogP contribution < -0.4 is 0 Å². The van der Waals surface area contributed by atoms with E-state index in [2.05, 4.69) is 11.6 Å². The van der Waals surface area contributed by atoms with Gasteiger partial charge >= 0.3 is 5.97 Å². The van der Waals surface area contributed by atoms with Gasteiger partial charge in [0.15, 0.2) is 0 Å². The zero-order chi connectivity index (χ0) is 8.43. The minimum Gasteiger partial charge on any atom is -0.478 e. The fraction of sp³-hybridized carbons (Fsp3) is 0.143. The molecule has 0 spiro atoms. The molecule has 0 saturated heterocycles. The van der Waals surface area contributed by atoms with Gasteiger partial charge in [0.05, 0.1) is 15.5 Å². The molecule has 0 atom stereocenters. The highest BCUT2D eigenvalue weighted by atomic mass is 32.1. The number of nitrogens with zero attached hydrogens (tertiary/aromatic N) is 1. The molecule has 0 radical (unpaired) electrons. The van der Waals surface area contributed by atoms with Crippen LogP contribution in [0, 0.1) is 6.92 Å². The summed E-state index contributed by atoms with van der Waals surface area (Å²) >= 11 is 1.33. The summed E-state index contributed by atoms with van der Waals surface area (Å²) in [4.78, 5) is 14.9. The van der Waals surface area contributed by atoms with E-state index in [4.69, 9.17) is 5.11 Å². The first-order chi connectivity index (χ1) is 5.11. The fourth-order valence-electron chi connectivity index (χ4n) is 0.606. The van der Waals surface area contributed by atoms with Crippen LogP contribution in [0.1, 0.15) is 9.88 Å². The highest BCUT2D eigenvalue weighted by molar-refractivity contribution is 7.13. The van der Waals surface area contributed by atoms with Crippen LogP contribution in [-0.2, 0) is 4.79 Å². The highest BCUT2D eigenvalue weighted by Crippen LogP contribution is 2.19. The van der Waals surface area contributed by atoms with Crippen LogP contribution in [-0.4, -0.2) is 16.1 Å². The summed E-state index contributed by atoms with van der Waals surface area (Å²) in [6.45, 7) is 5.23. The van der Waals surface area contributed by atoms with Gasteiger partial charge in [0.1, 0.15) is 0 Å². The number of thiazole rings is 1. The van der Waals surface area contributed by atoms with Crippen molar-refractivity contribution in [2.75, 3.05) is 0 Å². The summed E-state index contributed by atoms with van der Waals surface area (Å²) in [6, 6.07) is 0. The predicted molar refractivity (Wildman–Crippen MR) is 43.5 cm³/mol. The summed E-state index contributed by atoms with van der Waals surface area (Å²) < 4.78 is 0. The Morgan fingerprint density at radius 3 is 2.82 bits per heavy atom. The second-order valence-electron chi connectivity index (χ2n) is 2.03. The quantitative estimate of drug-likeness (QED) is 0.683. The molecule has 0 aromatic carbocycles. The Bertz CT molecular complexity index is 303. The first-order valence-electron chi connectivity index (χ1n) is 2.96. The maximum absolute atomic E-state index is 10.4. The van der Waals surface area contributed by atoms with Gasteiger partial charge < -0.3 is 5.11 Å². The minimum absolute atomic E-state index is 0.107. The molecular weight excluding hydrogens is 162 g/mol. The van der Waals surface area contributed by atoms with Gasteiger partial charge in [-0.2, -0.15) is 0 Å². The lowest BCUT2D eigenvalue weighted by atomic mass is 10.3. The zero-order valence-electron chi connectivity index (χ0n) is 6.00. The van der Waals surface area contributed by atoms with E-state index in [1.807, 2.05) is 6.92 Å². The summed E-state index contributed by atoms with van der Waals surface area (Å²) in [5, 5.41) is 9.37. The molecule has 0 bridgehead atoms. The summed E-state index contributed by atoms with van der Waals surface area (Å²) in [5.41, 5.74) is 0.107. The van der Waals surface area contributed by atoms with Crippen molar-refractivity contribution in [1.82, 2.24) is 4.98 Å². The molecule has 0 fully saturated rings. The number of aryl methyl sites for hydroxylation is 1. The normalized spacial score (nSPS) is 9.55. The van der Waals surface area contributed by atoms with Gasteiger partial charge in [-0.3, -0.25) is 0 Å². The monoisotopic (exact) mass is 169 g/mol. The third-order valence-electron chi connectivity index (χ3n) is 1.18. The molecule has 0 aliphatic heterocycles. The Hall–Kier alpha value is -1.16. The summed E-state index contributed by atoms with van der Waals surface area (Å²) in [5.74, 6) is -0.992. The number of carbonyl (C=O) groups is 1. The minimum atomic E-state index is -0.992. The lowest BCUT2D eigenvalue weighted by Crippen LogP contribution is -1.95. The molecule has 0 aliphatic rings. The molecule has 1 aromatic heterocycles. The summed E-state index contributed by atoms with van der Waals surface area (Å²) in [7, 11) is 0. The van der Waals surface area contributed by atoms with Crippen LogP contribution in [0.25, 0.3) is 5.57 Å². The number of carboxylic acid groups (broad SMARTS) is 1. The maximum Gasteiger partial charge on any atom is 0.336 e. The number of aliphatic carboxylic acids is 1. The summed E-state index contributed by atoms with van der Waals surface area (Å²) in [6.07, 6.45) is 1.52. The Kier molecular flexibility index (Phi) is 2.05. The van der Waals surface area contributed by atoms with Gasteiger partial charge in [0.2, 0.25) is 0 Å². The molecule has 0 saturated carbocycles. The lowest BCUT2D eigenvalue weighted by molar-refractivity contribution is -0.130. The molecule has 0 unspecified atom stereocenters. The van der Waals surface area contributed by atoms with Crippen molar-refractivity contribution in [3.05, 3.63) is 22.7 Å². The van der Waals surface area contributed by atoms with E-state index in [0.717, 1.165) is 5.01 Å². The Balaban J connectivity index is 2.94. The van der Waals surface area contributed by atoms with Crippen LogP contribution in [0.2, 0.25) is 0 Å². The van der Waals surface area contributed by atoms with E-state index in [1.165, 1.54) is 17.5 Å². The van der Waals surface area contributed by atoms with Crippen LogP contribution in [0.4, 0.5) is 0 Å². The van der Waals surface area contributed by atoms with Gasteiger partial charge in [-0.25, -0.2) is 9.78 Å². The molecule has 3 nitrogen and oxygen atoms in total. The molecule has 58 valence electrons. The van der Waals surface area contributed by atoms with Crippen molar-refractivity contribution in [1.29, 1.82) is 0 Å². The molecule has 1 N–H and O–H groups in total. The number of hydrogen-bond acceptors (Lipinski definition) is 3. The van der Waals surface area contributed by atoms with Crippen molar-refractivity contribution in [2.45, 2.75) is 6.92 Å². The van der Waals surface area contributed by atoms with Crippen molar-refractivity contribution < 1.29 is 9.90 Å². The van der Waals surface area contributed by atoms with E-state index in [-0.39, 0.29) is 5.57 Å². The van der Waals surface area contributed by atoms with Gasteiger partial charge in [0.25, 0.3) is 0 Å². The average molecular weight is 169 g/mol. The van der Waals surface area contributed by atoms with E-state index in [9.17, 15) is 4.79 Å². The Labute approximate surface area is 68.0 Å². The van der Waals surface area contributed by atoms with E-state index in [1.54, 1.807) is 0 Å². The fourth-order valence-corrected chi connectivity index (χ4v) is 1.35. The van der Waals surface area contributed by atoms with Gasteiger partial charge in [-0.15, -0.1) is 11.3 Å². The van der Waals surface area contributed by atoms with Crippen molar-refractivity contribution in [3.63, 3.8) is 0 Å². The molecule has 4 heteroatoms. The van der Waals surface area contributed by atoms with E-state index < -0.39 is 5.97 Å². The van der Waals surface area contributed by atoms with Crippen molar-refractivity contribution in [3.8, 4) is 0 Å². The third-order valence-corrected chi connectivity index (χ3v) is 2.15. The highest BCUT2D eigenvalue weighted by Gasteiger charge is 2.08. The molecule has 1 aromatic rings. The predicted octanol–water partition coefficient (Wildman–Crippen LogP) is 1.55. The lowest BCUT2D eigenvalue weighted by Gasteiger charge is -1.90. The van der Waals surface area contributed by atoms with Gasteiger partial charge in [0, 0.05) is 6.20 Å². The standard InChI is InChI=1S/C7H7NO2S/c1-4(7(9)10)6-3-8-5(2)11-6/h3H,1H2,2H3,(H,9,10). The van der Waals surface area contributed by atoms with Gasteiger partial charge in [-0.05, 0) is 6.92 Å². The number of rotatable bonds is 2. The average Bonchev–Trinajstić information content (AvgIpc) is 2.34. The van der Waals surface area contributed by atoms with Crippen LogP contribution in [0.5, 0.6) is 0 Å². The molecule has 1 rings (SSSR count). The van der Waals surface area contributed by atoms with E-state index in [0.29, 0.717) is 4.88 Å². The number of carboxylic acids is 1. The SMILES string of the molecule is C=C(C(=O)O)c1cnc(C)s1. The Morgan fingerprint density at radius 1 is 1.82 bits per heavy atom. The molecule has 11 heavy (non-hydrogen) atoms. The Morgan fingerprint density at radius 2 is 2.45 bits per heavy atom. The van der Waals surface area contributed by atoms with Crippen LogP contribution >= 0.6 is 11.3 Å². The largest absolute Gasteiger partial charge is 0.478 e. The molecule has 0 aliphatic carbocycles. The van der Waals surface area contributed by atoms with Crippen molar-refractivity contribution in [2.24, 2.45) is 0 Å². The molecular formula is C7H7NO2S. The first-order valence-corrected chi connectivity index (χ1v) is 3.78. The second kappa shape index (κ2) is 2.84. The van der Waals surface area contributed by atoms with Crippen molar-refractivity contribution >= 4 is 22.9 Å². The van der Waals surface area contributed by atoms with Crippen LogP contribution in [0.15, 0.2) is 12.8 Å². The smallest absolute Gasteiger partial charge is 0.336 e. The molecule has 0 amide bonds. The number of aromatic nitrogens is 1. The molecule has 1 heterocycles. The number of hydrogen-bond donors (Lipinski definition) is 1. The first kappa shape index (κ1) is 7.94. The zero-order valence-corrected chi connectivity index (χ0v) is 6.81. The topological polar surface area (TPSA) is 50.2 Å². The third kappa shape index (κ3) is 1.65.